The largest absolute Gasteiger partial charge is 0.497 e. The second kappa shape index (κ2) is 5.57. The molecular formula is C20H24O3. The van der Waals surface area contributed by atoms with Gasteiger partial charge in [-0.05, 0) is 53.8 Å². The van der Waals surface area contributed by atoms with Crippen LogP contribution in [0.4, 0.5) is 0 Å². The molecule has 0 spiro atoms. The third kappa shape index (κ3) is 2.40. The van der Waals surface area contributed by atoms with Crippen molar-refractivity contribution in [3.05, 3.63) is 59.2 Å². The zero-order valence-electron chi connectivity index (χ0n) is 14.2. The second-order valence-corrected chi connectivity index (χ2v) is 6.74. The first-order chi connectivity index (χ1) is 10.9. The Labute approximate surface area is 137 Å². The van der Waals surface area contributed by atoms with Crippen LogP contribution in [-0.4, -0.2) is 19.3 Å². The Morgan fingerprint density at radius 2 is 1.52 bits per heavy atom. The molecule has 23 heavy (non-hydrogen) atoms. The first-order valence-electron chi connectivity index (χ1n) is 7.96. The van der Waals surface area contributed by atoms with Crippen LogP contribution in [0.2, 0.25) is 0 Å². The molecule has 0 radical (unpaired) electrons. The highest BCUT2D eigenvalue weighted by molar-refractivity contribution is 5.47. The maximum Gasteiger partial charge on any atom is 0.119 e. The van der Waals surface area contributed by atoms with Crippen molar-refractivity contribution in [3.63, 3.8) is 0 Å². The molecule has 122 valence electrons. The lowest BCUT2D eigenvalue weighted by Gasteiger charge is -2.48. The van der Waals surface area contributed by atoms with E-state index in [9.17, 15) is 5.11 Å². The van der Waals surface area contributed by atoms with E-state index in [-0.39, 0.29) is 5.41 Å². The first-order valence-corrected chi connectivity index (χ1v) is 7.96. The van der Waals surface area contributed by atoms with E-state index < -0.39 is 5.60 Å². The van der Waals surface area contributed by atoms with Crippen LogP contribution >= 0.6 is 0 Å². The molecule has 2 aromatic carbocycles. The average molecular weight is 312 g/mol. The fourth-order valence-corrected chi connectivity index (χ4v) is 3.74. The molecule has 0 bridgehead atoms. The van der Waals surface area contributed by atoms with Gasteiger partial charge in [0, 0.05) is 5.41 Å². The summed E-state index contributed by atoms with van der Waals surface area (Å²) >= 11 is 0. The van der Waals surface area contributed by atoms with Crippen molar-refractivity contribution in [2.75, 3.05) is 14.2 Å². The van der Waals surface area contributed by atoms with Gasteiger partial charge in [-0.25, -0.2) is 0 Å². The van der Waals surface area contributed by atoms with Gasteiger partial charge in [0.05, 0.1) is 19.8 Å². The number of fused-ring (bicyclic) bond motifs is 1. The average Bonchev–Trinajstić information content (AvgIpc) is 2.58. The molecular weight excluding hydrogens is 288 g/mol. The lowest BCUT2D eigenvalue weighted by molar-refractivity contribution is -0.0465. The maximum absolute atomic E-state index is 11.5. The highest BCUT2D eigenvalue weighted by Crippen LogP contribution is 2.50. The number of rotatable bonds is 3. The first kappa shape index (κ1) is 15.9. The van der Waals surface area contributed by atoms with Crippen LogP contribution in [0.25, 0.3) is 0 Å². The van der Waals surface area contributed by atoms with Gasteiger partial charge in [-0.3, -0.25) is 0 Å². The van der Waals surface area contributed by atoms with Crippen molar-refractivity contribution >= 4 is 0 Å². The number of aryl methyl sites for hydroxylation is 1. The van der Waals surface area contributed by atoms with Crippen LogP contribution in [0.3, 0.4) is 0 Å². The molecule has 0 heterocycles. The van der Waals surface area contributed by atoms with Gasteiger partial charge in [0.25, 0.3) is 0 Å². The second-order valence-electron chi connectivity index (χ2n) is 6.74. The van der Waals surface area contributed by atoms with Crippen molar-refractivity contribution in [2.24, 2.45) is 0 Å². The molecule has 2 aromatic rings. The van der Waals surface area contributed by atoms with Gasteiger partial charge in [-0.1, -0.05) is 32.0 Å². The van der Waals surface area contributed by atoms with Crippen LogP contribution < -0.4 is 9.47 Å². The quantitative estimate of drug-likeness (QED) is 0.936. The predicted molar refractivity (Wildman–Crippen MR) is 91.2 cm³/mol. The van der Waals surface area contributed by atoms with Gasteiger partial charge >= 0.3 is 0 Å². The minimum atomic E-state index is -0.902. The van der Waals surface area contributed by atoms with Gasteiger partial charge < -0.3 is 14.6 Å². The number of ether oxygens (including phenoxy) is 2. The van der Waals surface area contributed by atoms with E-state index in [0.717, 1.165) is 23.5 Å². The molecule has 0 aromatic heterocycles. The highest BCUT2D eigenvalue weighted by Gasteiger charge is 2.49. The van der Waals surface area contributed by atoms with E-state index >= 15 is 0 Å². The molecule has 0 aliphatic heterocycles. The Morgan fingerprint density at radius 3 is 2.13 bits per heavy atom. The predicted octanol–water partition coefficient (Wildman–Crippen LogP) is 3.82. The molecule has 3 heteroatoms. The van der Waals surface area contributed by atoms with Crippen LogP contribution in [0.1, 0.15) is 37.0 Å². The van der Waals surface area contributed by atoms with Crippen LogP contribution in [-0.2, 0) is 17.4 Å². The summed E-state index contributed by atoms with van der Waals surface area (Å²) in [6.45, 7) is 4.23. The lowest BCUT2D eigenvalue weighted by Crippen LogP contribution is -2.48. The summed E-state index contributed by atoms with van der Waals surface area (Å²) < 4.78 is 10.6. The molecule has 0 amide bonds. The van der Waals surface area contributed by atoms with Crippen LogP contribution in [0.5, 0.6) is 11.5 Å². The van der Waals surface area contributed by atoms with Gasteiger partial charge in [0.2, 0.25) is 0 Å². The molecule has 0 saturated heterocycles. The Kier molecular flexibility index (Phi) is 3.85. The van der Waals surface area contributed by atoms with Crippen molar-refractivity contribution in [1.29, 1.82) is 0 Å². The third-order valence-corrected chi connectivity index (χ3v) is 5.34. The Bertz CT molecular complexity index is 703. The van der Waals surface area contributed by atoms with Gasteiger partial charge in [-0.2, -0.15) is 0 Å². The van der Waals surface area contributed by atoms with Crippen LogP contribution in [0.15, 0.2) is 42.5 Å². The molecule has 3 rings (SSSR count). The molecule has 0 saturated carbocycles. The summed E-state index contributed by atoms with van der Waals surface area (Å²) in [5.74, 6) is 1.67. The maximum atomic E-state index is 11.5. The van der Waals surface area contributed by atoms with E-state index in [1.807, 2.05) is 30.3 Å². The number of benzene rings is 2. The number of aliphatic hydroxyl groups is 1. The standard InChI is InChI=1S/C20H24O3/c1-19(2)18-10-9-17(23-4)13-14(18)11-12-20(19,21)15-5-7-16(22-3)8-6-15/h5-10,13,21H,11-12H2,1-4H3/t20-/m0/s1. The summed E-state index contributed by atoms with van der Waals surface area (Å²) in [5.41, 5.74) is 2.09. The minimum absolute atomic E-state index is 0.387. The Morgan fingerprint density at radius 1 is 0.913 bits per heavy atom. The summed E-state index contributed by atoms with van der Waals surface area (Å²) in [5, 5.41) is 11.5. The Hall–Kier alpha value is -2.00. The normalized spacial score (nSPS) is 22.3. The van der Waals surface area contributed by atoms with Gasteiger partial charge in [-0.15, -0.1) is 0 Å². The fourth-order valence-electron chi connectivity index (χ4n) is 3.74. The van der Waals surface area contributed by atoms with Crippen molar-refractivity contribution < 1.29 is 14.6 Å². The van der Waals surface area contributed by atoms with Gasteiger partial charge in [0.1, 0.15) is 11.5 Å². The van der Waals surface area contributed by atoms with E-state index in [1.54, 1.807) is 14.2 Å². The van der Waals surface area contributed by atoms with E-state index in [1.165, 1.54) is 11.1 Å². The monoisotopic (exact) mass is 312 g/mol. The lowest BCUT2D eigenvalue weighted by atomic mass is 9.60. The van der Waals surface area contributed by atoms with E-state index in [2.05, 4.69) is 26.0 Å². The topological polar surface area (TPSA) is 38.7 Å². The van der Waals surface area contributed by atoms with E-state index in [0.29, 0.717) is 6.42 Å². The molecule has 3 nitrogen and oxygen atoms in total. The summed E-state index contributed by atoms with van der Waals surface area (Å²) in [7, 11) is 3.33. The fraction of sp³-hybridized carbons (Fsp3) is 0.400. The molecule has 1 N–H and O–H groups in total. The summed E-state index contributed by atoms with van der Waals surface area (Å²) in [6, 6.07) is 13.9. The SMILES string of the molecule is COc1ccc([C@@]2(O)CCc3cc(OC)ccc3C2(C)C)cc1. The van der Waals surface area contributed by atoms with Gasteiger partial charge in [0.15, 0.2) is 0 Å². The Balaban J connectivity index is 2.06. The summed E-state index contributed by atoms with van der Waals surface area (Å²) in [4.78, 5) is 0. The summed E-state index contributed by atoms with van der Waals surface area (Å²) in [6.07, 6.45) is 1.52. The number of hydrogen-bond donors (Lipinski definition) is 1. The van der Waals surface area contributed by atoms with Crippen molar-refractivity contribution in [1.82, 2.24) is 0 Å². The minimum Gasteiger partial charge on any atom is -0.497 e. The smallest absolute Gasteiger partial charge is 0.119 e. The van der Waals surface area contributed by atoms with Crippen LogP contribution in [0, 0.1) is 0 Å². The molecule has 0 unspecified atom stereocenters. The highest BCUT2D eigenvalue weighted by atomic mass is 16.5. The molecule has 0 fully saturated rings. The third-order valence-electron chi connectivity index (χ3n) is 5.34. The molecule has 1 atom stereocenters. The zero-order valence-corrected chi connectivity index (χ0v) is 14.2. The number of hydrogen-bond acceptors (Lipinski definition) is 3. The molecule has 1 aliphatic rings. The van der Waals surface area contributed by atoms with Crippen molar-refractivity contribution in [3.8, 4) is 11.5 Å². The van der Waals surface area contributed by atoms with E-state index in [4.69, 9.17) is 9.47 Å². The van der Waals surface area contributed by atoms with Crippen molar-refractivity contribution in [2.45, 2.75) is 37.7 Å². The molecule has 1 aliphatic carbocycles. The zero-order chi connectivity index (χ0) is 16.7. The number of methoxy groups -OCH3 is 2.